The number of carboxylic acid groups (broad SMARTS) is 1. The van der Waals surface area contributed by atoms with Gasteiger partial charge in [-0.05, 0) is 65.1 Å². The number of benzene rings is 4. The molecule has 4 aromatic rings. The molecular formula is C27H23NO3. The molecule has 4 aromatic carbocycles. The van der Waals surface area contributed by atoms with Crippen LogP contribution in [-0.4, -0.2) is 17.0 Å². The second-order valence-corrected chi connectivity index (χ2v) is 7.74. The topological polar surface area (TPSA) is 66.4 Å². The zero-order valence-electron chi connectivity index (χ0n) is 17.3. The Bertz CT molecular complexity index is 1240. The van der Waals surface area contributed by atoms with Gasteiger partial charge in [-0.2, -0.15) is 0 Å². The third-order valence-corrected chi connectivity index (χ3v) is 5.35. The Morgan fingerprint density at radius 3 is 2.03 bits per heavy atom. The van der Waals surface area contributed by atoms with Crippen LogP contribution in [0.25, 0.3) is 10.8 Å². The number of hydrogen-bond acceptors (Lipinski definition) is 2. The molecule has 31 heavy (non-hydrogen) atoms. The van der Waals surface area contributed by atoms with Gasteiger partial charge in [0.1, 0.15) is 0 Å². The highest BCUT2D eigenvalue weighted by molar-refractivity contribution is 5.98. The summed E-state index contributed by atoms with van der Waals surface area (Å²) in [5.74, 6) is -1.03. The molecule has 4 heteroatoms. The molecule has 154 valence electrons. The summed E-state index contributed by atoms with van der Waals surface area (Å²) in [7, 11) is 0. The van der Waals surface area contributed by atoms with Gasteiger partial charge in [-0.15, -0.1) is 0 Å². The highest BCUT2D eigenvalue weighted by atomic mass is 16.4. The lowest BCUT2D eigenvalue weighted by atomic mass is 9.99. The minimum Gasteiger partial charge on any atom is -0.478 e. The van der Waals surface area contributed by atoms with Gasteiger partial charge in [0.05, 0.1) is 5.56 Å². The minimum absolute atomic E-state index is 0.0999. The van der Waals surface area contributed by atoms with Gasteiger partial charge in [-0.3, -0.25) is 4.79 Å². The lowest BCUT2D eigenvalue weighted by Crippen LogP contribution is -2.22. The van der Waals surface area contributed by atoms with Crippen molar-refractivity contribution in [1.29, 1.82) is 0 Å². The van der Waals surface area contributed by atoms with Crippen molar-refractivity contribution in [3.8, 4) is 0 Å². The SMILES string of the molecule is Cc1ccc(CNC(=O)c2ccc3ccc(Cc4ccc(C(=O)O)cc4)cc3c2)cc1. The Hall–Kier alpha value is -3.92. The summed E-state index contributed by atoms with van der Waals surface area (Å²) in [5, 5.41) is 14.1. The molecule has 0 heterocycles. The minimum atomic E-state index is -0.926. The molecule has 0 bridgehead atoms. The zero-order chi connectivity index (χ0) is 21.8. The van der Waals surface area contributed by atoms with E-state index in [0.29, 0.717) is 18.5 Å². The summed E-state index contributed by atoms with van der Waals surface area (Å²) in [6.07, 6.45) is 0.694. The van der Waals surface area contributed by atoms with E-state index in [1.54, 1.807) is 12.1 Å². The van der Waals surface area contributed by atoms with Crippen LogP contribution in [0.5, 0.6) is 0 Å². The Balaban J connectivity index is 1.49. The first-order valence-corrected chi connectivity index (χ1v) is 10.2. The van der Waals surface area contributed by atoms with Crippen molar-refractivity contribution in [2.24, 2.45) is 0 Å². The monoisotopic (exact) mass is 409 g/mol. The summed E-state index contributed by atoms with van der Waals surface area (Å²) in [5.41, 5.74) is 5.31. The maximum Gasteiger partial charge on any atom is 0.335 e. The van der Waals surface area contributed by atoms with E-state index in [-0.39, 0.29) is 11.5 Å². The number of fused-ring (bicyclic) bond motifs is 1. The van der Waals surface area contributed by atoms with Crippen LogP contribution < -0.4 is 5.32 Å². The van der Waals surface area contributed by atoms with Crippen molar-refractivity contribution in [2.75, 3.05) is 0 Å². The van der Waals surface area contributed by atoms with Gasteiger partial charge in [0.2, 0.25) is 0 Å². The highest BCUT2D eigenvalue weighted by Gasteiger charge is 2.08. The van der Waals surface area contributed by atoms with Gasteiger partial charge < -0.3 is 10.4 Å². The second-order valence-electron chi connectivity index (χ2n) is 7.74. The van der Waals surface area contributed by atoms with Crippen LogP contribution in [0.15, 0.2) is 84.9 Å². The molecule has 0 radical (unpaired) electrons. The molecule has 0 fully saturated rings. The molecular weight excluding hydrogens is 386 g/mol. The van der Waals surface area contributed by atoms with Crippen LogP contribution in [-0.2, 0) is 13.0 Å². The first-order chi connectivity index (χ1) is 15.0. The molecule has 4 rings (SSSR count). The quantitative estimate of drug-likeness (QED) is 0.450. The standard InChI is InChI=1S/C27H23NO3/c1-18-2-4-20(5-3-18)17-28-26(29)24-13-12-22-9-8-21(15-25(22)16-24)14-19-6-10-23(11-7-19)27(30)31/h2-13,15-16H,14,17H2,1H3,(H,28,29)(H,30,31). The molecule has 0 atom stereocenters. The van der Waals surface area contributed by atoms with Gasteiger partial charge in [0.25, 0.3) is 5.91 Å². The van der Waals surface area contributed by atoms with E-state index in [0.717, 1.165) is 27.5 Å². The molecule has 0 aliphatic rings. The molecule has 0 unspecified atom stereocenters. The third-order valence-electron chi connectivity index (χ3n) is 5.35. The van der Waals surface area contributed by atoms with E-state index in [2.05, 4.69) is 17.4 Å². The average molecular weight is 409 g/mol. The number of rotatable bonds is 6. The molecule has 0 aliphatic heterocycles. The number of carbonyl (C=O) groups is 2. The highest BCUT2D eigenvalue weighted by Crippen LogP contribution is 2.20. The van der Waals surface area contributed by atoms with Crippen LogP contribution in [0.3, 0.4) is 0 Å². The van der Waals surface area contributed by atoms with Gasteiger partial charge >= 0.3 is 5.97 Å². The first kappa shape index (κ1) is 20.4. The predicted molar refractivity (Wildman–Crippen MR) is 123 cm³/mol. The Morgan fingerprint density at radius 1 is 0.710 bits per heavy atom. The Labute approximate surface area is 181 Å². The van der Waals surface area contributed by atoms with E-state index in [1.807, 2.05) is 67.6 Å². The van der Waals surface area contributed by atoms with Crippen molar-refractivity contribution in [3.63, 3.8) is 0 Å². The number of amides is 1. The van der Waals surface area contributed by atoms with Crippen LogP contribution in [0.1, 0.15) is 43.0 Å². The number of nitrogens with one attached hydrogen (secondary N) is 1. The van der Waals surface area contributed by atoms with E-state index < -0.39 is 5.97 Å². The van der Waals surface area contributed by atoms with Gasteiger partial charge in [0.15, 0.2) is 0 Å². The van der Waals surface area contributed by atoms with E-state index in [9.17, 15) is 9.59 Å². The Morgan fingerprint density at radius 2 is 1.32 bits per heavy atom. The zero-order valence-corrected chi connectivity index (χ0v) is 17.3. The van der Waals surface area contributed by atoms with Crippen molar-refractivity contribution < 1.29 is 14.7 Å². The summed E-state index contributed by atoms with van der Waals surface area (Å²) in [4.78, 5) is 23.6. The number of aromatic carboxylic acids is 1. The van der Waals surface area contributed by atoms with Crippen molar-refractivity contribution in [1.82, 2.24) is 5.32 Å². The van der Waals surface area contributed by atoms with Gasteiger partial charge in [-0.1, -0.05) is 66.2 Å². The molecule has 1 amide bonds. The maximum atomic E-state index is 12.6. The normalized spacial score (nSPS) is 10.7. The summed E-state index contributed by atoms with van der Waals surface area (Å²) < 4.78 is 0. The number of carboxylic acids is 1. The third kappa shape index (κ3) is 4.98. The molecule has 0 saturated heterocycles. The lowest BCUT2D eigenvalue weighted by molar-refractivity contribution is 0.0696. The van der Waals surface area contributed by atoms with Crippen molar-refractivity contribution in [2.45, 2.75) is 19.9 Å². The predicted octanol–water partition coefficient (Wildman–Crippen LogP) is 5.37. The van der Waals surface area contributed by atoms with Crippen LogP contribution in [0.4, 0.5) is 0 Å². The molecule has 2 N–H and O–H groups in total. The molecule has 0 saturated carbocycles. The maximum absolute atomic E-state index is 12.6. The van der Waals surface area contributed by atoms with E-state index in [1.165, 1.54) is 5.56 Å². The lowest BCUT2D eigenvalue weighted by Gasteiger charge is -2.08. The van der Waals surface area contributed by atoms with Gasteiger partial charge in [-0.25, -0.2) is 4.79 Å². The van der Waals surface area contributed by atoms with Crippen LogP contribution >= 0.6 is 0 Å². The van der Waals surface area contributed by atoms with E-state index >= 15 is 0 Å². The second kappa shape index (κ2) is 8.84. The first-order valence-electron chi connectivity index (χ1n) is 10.2. The fourth-order valence-electron chi connectivity index (χ4n) is 3.54. The summed E-state index contributed by atoms with van der Waals surface area (Å²) in [6, 6.07) is 26.9. The largest absolute Gasteiger partial charge is 0.478 e. The molecule has 0 spiro atoms. The van der Waals surface area contributed by atoms with Gasteiger partial charge in [0, 0.05) is 12.1 Å². The summed E-state index contributed by atoms with van der Waals surface area (Å²) >= 11 is 0. The number of aryl methyl sites for hydroxylation is 1. The fraction of sp³-hybridized carbons (Fsp3) is 0.111. The fourth-order valence-corrected chi connectivity index (χ4v) is 3.54. The molecule has 0 aliphatic carbocycles. The summed E-state index contributed by atoms with van der Waals surface area (Å²) in [6.45, 7) is 2.53. The smallest absolute Gasteiger partial charge is 0.335 e. The molecule has 4 nitrogen and oxygen atoms in total. The van der Waals surface area contributed by atoms with E-state index in [4.69, 9.17) is 5.11 Å². The van der Waals surface area contributed by atoms with Crippen LogP contribution in [0, 0.1) is 6.92 Å². The van der Waals surface area contributed by atoms with Crippen molar-refractivity contribution >= 4 is 22.6 Å². The Kier molecular flexibility index (Phi) is 5.80. The number of carbonyl (C=O) groups excluding carboxylic acids is 1. The average Bonchev–Trinajstić information content (AvgIpc) is 2.78. The van der Waals surface area contributed by atoms with Crippen molar-refractivity contribution in [3.05, 3.63) is 118 Å². The molecule has 0 aromatic heterocycles. The number of hydrogen-bond donors (Lipinski definition) is 2. The van der Waals surface area contributed by atoms with Crippen LogP contribution in [0.2, 0.25) is 0 Å².